The largest absolute Gasteiger partial charge is 0.462 e. The van der Waals surface area contributed by atoms with Gasteiger partial charge < -0.3 is 9.84 Å². The Labute approximate surface area is 62.3 Å². The summed E-state index contributed by atoms with van der Waals surface area (Å²) >= 11 is 0. The molecule has 0 aliphatic rings. The van der Waals surface area contributed by atoms with Crippen molar-refractivity contribution >= 4 is 5.97 Å². The van der Waals surface area contributed by atoms with Crippen LogP contribution in [0.15, 0.2) is 11.9 Å². The van der Waals surface area contributed by atoms with Crippen molar-refractivity contribution in [3.05, 3.63) is 11.9 Å². The van der Waals surface area contributed by atoms with E-state index in [0.717, 1.165) is 6.92 Å². The first-order chi connectivity index (χ1) is 5.04. The van der Waals surface area contributed by atoms with Gasteiger partial charge in [0.05, 0.1) is 0 Å². The minimum absolute atomic E-state index is 0.373. The molecule has 0 aromatic heterocycles. The van der Waals surface area contributed by atoms with E-state index < -0.39 is 18.2 Å². The van der Waals surface area contributed by atoms with Crippen LogP contribution in [0.5, 0.6) is 0 Å². The van der Waals surface area contributed by atoms with Crippen molar-refractivity contribution in [3.63, 3.8) is 0 Å². The molecule has 1 atom stereocenters. The molecule has 0 bridgehead atoms. The van der Waals surface area contributed by atoms with E-state index in [1.54, 1.807) is 0 Å². The van der Waals surface area contributed by atoms with Gasteiger partial charge in [-0.3, -0.25) is 4.79 Å². The summed E-state index contributed by atoms with van der Waals surface area (Å²) in [7, 11) is 0. The maximum absolute atomic E-state index is 12.0. The summed E-state index contributed by atoms with van der Waals surface area (Å²) in [4.78, 5) is 10.1. The number of ether oxygens (including phenoxy) is 1. The normalized spacial score (nSPS) is 14.4. The van der Waals surface area contributed by atoms with Crippen LogP contribution >= 0.6 is 0 Å². The quantitative estimate of drug-likeness (QED) is 0.627. The topological polar surface area (TPSA) is 46.5 Å². The number of carbonyl (C=O) groups excluding carboxylic acids is 1. The number of rotatable bonds is 3. The molecule has 0 aromatic rings. The molecule has 0 amide bonds. The number of carbonyl (C=O) groups is 1. The van der Waals surface area contributed by atoms with Gasteiger partial charge >= 0.3 is 5.97 Å². The van der Waals surface area contributed by atoms with Crippen LogP contribution in [0.3, 0.4) is 0 Å². The minimum atomic E-state index is -2.63. The molecule has 0 heterocycles. The lowest BCUT2D eigenvalue weighted by atomic mass is 10.5. The maximum Gasteiger partial charge on any atom is 0.302 e. The maximum atomic E-state index is 12.0. The number of aliphatic hydroxyl groups is 1. The third kappa shape index (κ3) is 5.47. The van der Waals surface area contributed by atoms with E-state index in [4.69, 9.17) is 5.11 Å². The molecule has 1 unspecified atom stereocenters. The molecule has 0 aliphatic heterocycles. The fourth-order valence-corrected chi connectivity index (χ4v) is 0.336. The third-order valence-corrected chi connectivity index (χ3v) is 0.792. The highest BCUT2D eigenvalue weighted by atomic mass is 19.2. The highest BCUT2D eigenvalue weighted by Crippen LogP contribution is 2.03. The van der Waals surface area contributed by atoms with E-state index >= 15 is 0 Å². The second-order valence-electron chi connectivity index (χ2n) is 1.73. The van der Waals surface area contributed by atoms with Crippen molar-refractivity contribution in [2.75, 3.05) is 6.61 Å². The fourth-order valence-electron chi connectivity index (χ4n) is 0.336. The Hall–Kier alpha value is -0.970. The van der Waals surface area contributed by atoms with Crippen molar-refractivity contribution in [1.29, 1.82) is 0 Å². The second-order valence-corrected chi connectivity index (χ2v) is 1.73. The summed E-state index contributed by atoms with van der Waals surface area (Å²) in [5.74, 6) is -1.95. The van der Waals surface area contributed by atoms with Crippen molar-refractivity contribution in [2.45, 2.75) is 13.3 Å². The van der Waals surface area contributed by atoms with Crippen LogP contribution in [0.1, 0.15) is 6.92 Å². The molecular formula is C6H8F2O3. The monoisotopic (exact) mass is 166 g/mol. The highest BCUT2D eigenvalue weighted by Gasteiger charge is 2.06. The summed E-state index contributed by atoms with van der Waals surface area (Å²) in [6, 6.07) is 0. The van der Waals surface area contributed by atoms with Gasteiger partial charge in [-0.2, -0.15) is 0 Å². The number of esters is 1. The SMILES string of the molecule is CC(=O)OCC=C(F)C(O)F. The zero-order valence-electron chi connectivity index (χ0n) is 5.88. The predicted molar refractivity (Wildman–Crippen MR) is 32.9 cm³/mol. The van der Waals surface area contributed by atoms with E-state index in [1.807, 2.05) is 0 Å². The number of alkyl halides is 1. The summed E-state index contributed by atoms with van der Waals surface area (Å²) in [6.07, 6.45) is -1.99. The van der Waals surface area contributed by atoms with Crippen molar-refractivity contribution in [3.8, 4) is 0 Å². The Kier molecular flexibility index (Phi) is 4.36. The molecule has 0 aromatic carbocycles. The Morgan fingerprint density at radius 3 is 2.73 bits per heavy atom. The number of hydrogen-bond acceptors (Lipinski definition) is 3. The van der Waals surface area contributed by atoms with E-state index in [1.165, 1.54) is 0 Å². The molecular weight excluding hydrogens is 158 g/mol. The molecule has 0 aliphatic carbocycles. The lowest BCUT2D eigenvalue weighted by Crippen LogP contribution is -2.02. The van der Waals surface area contributed by atoms with Crippen LogP contribution in [0, 0.1) is 0 Å². The molecule has 0 rings (SSSR count). The van der Waals surface area contributed by atoms with Gasteiger partial charge in [-0.1, -0.05) is 0 Å². The average molecular weight is 166 g/mol. The molecule has 1 N–H and O–H groups in total. The van der Waals surface area contributed by atoms with E-state index in [-0.39, 0.29) is 6.61 Å². The Balaban J connectivity index is 3.65. The predicted octanol–water partition coefficient (Wildman–Crippen LogP) is 0.691. The summed E-state index contributed by atoms with van der Waals surface area (Å²) in [5, 5.41) is 7.94. The molecule has 0 fully saturated rings. The average Bonchev–Trinajstić information content (AvgIpc) is 1.86. The smallest absolute Gasteiger partial charge is 0.302 e. The van der Waals surface area contributed by atoms with Crippen LogP contribution in [0.2, 0.25) is 0 Å². The molecule has 0 saturated heterocycles. The molecule has 0 radical (unpaired) electrons. The molecule has 11 heavy (non-hydrogen) atoms. The van der Waals surface area contributed by atoms with Crippen molar-refractivity contribution < 1.29 is 23.4 Å². The number of aliphatic hydroxyl groups excluding tert-OH is 1. The summed E-state index contributed by atoms with van der Waals surface area (Å²) < 4.78 is 27.8. The number of halogens is 2. The lowest BCUT2D eigenvalue weighted by Gasteiger charge is -1.97. The molecule has 64 valence electrons. The van der Waals surface area contributed by atoms with Gasteiger partial charge in [0.1, 0.15) is 6.61 Å². The molecule has 3 nitrogen and oxygen atoms in total. The van der Waals surface area contributed by atoms with Crippen LogP contribution < -0.4 is 0 Å². The zero-order valence-corrected chi connectivity index (χ0v) is 5.88. The Morgan fingerprint density at radius 2 is 2.36 bits per heavy atom. The highest BCUT2D eigenvalue weighted by molar-refractivity contribution is 5.65. The minimum Gasteiger partial charge on any atom is -0.462 e. The van der Waals surface area contributed by atoms with Gasteiger partial charge in [0.15, 0.2) is 5.83 Å². The number of hydrogen-bond donors (Lipinski definition) is 1. The standard InChI is InChI=1S/C6H8F2O3/c1-4(9)11-3-2-5(7)6(8)10/h2,6,10H,3H2,1H3. The van der Waals surface area contributed by atoms with Gasteiger partial charge in [-0.25, -0.2) is 8.78 Å². The summed E-state index contributed by atoms with van der Waals surface area (Å²) in [6.45, 7) is 0.764. The summed E-state index contributed by atoms with van der Waals surface area (Å²) in [5.41, 5.74) is 0. The van der Waals surface area contributed by atoms with E-state index in [9.17, 15) is 13.6 Å². The van der Waals surface area contributed by atoms with Crippen LogP contribution in [-0.4, -0.2) is 24.0 Å². The first kappa shape index (κ1) is 10.0. The Morgan fingerprint density at radius 1 is 1.82 bits per heavy atom. The third-order valence-electron chi connectivity index (χ3n) is 0.792. The molecule has 0 spiro atoms. The van der Waals surface area contributed by atoms with Gasteiger partial charge in [-0.15, -0.1) is 0 Å². The fraction of sp³-hybridized carbons (Fsp3) is 0.500. The molecule has 0 saturated carbocycles. The first-order valence-corrected chi connectivity index (χ1v) is 2.85. The Bertz CT molecular complexity index is 165. The zero-order chi connectivity index (χ0) is 8.85. The lowest BCUT2D eigenvalue weighted by molar-refractivity contribution is -0.139. The van der Waals surface area contributed by atoms with Crippen LogP contribution in [-0.2, 0) is 9.53 Å². The van der Waals surface area contributed by atoms with Gasteiger partial charge in [-0.05, 0) is 6.08 Å². The van der Waals surface area contributed by atoms with Gasteiger partial charge in [0, 0.05) is 6.92 Å². The van der Waals surface area contributed by atoms with Gasteiger partial charge in [0.2, 0.25) is 6.36 Å². The first-order valence-electron chi connectivity index (χ1n) is 2.85. The van der Waals surface area contributed by atoms with E-state index in [0.29, 0.717) is 6.08 Å². The van der Waals surface area contributed by atoms with Crippen LogP contribution in [0.4, 0.5) is 8.78 Å². The van der Waals surface area contributed by atoms with Crippen molar-refractivity contribution in [1.82, 2.24) is 0 Å². The van der Waals surface area contributed by atoms with Crippen molar-refractivity contribution in [2.24, 2.45) is 0 Å². The molecule has 5 heteroatoms. The van der Waals surface area contributed by atoms with Gasteiger partial charge in [0.25, 0.3) is 0 Å². The van der Waals surface area contributed by atoms with E-state index in [2.05, 4.69) is 4.74 Å². The van der Waals surface area contributed by atoms with Crippen LogP contribution in [0.25, 0.3) is 0 Å². The second kappa shape index (κ2) is 4.79.